The quantitative estimate of drug-likeness (QED) is 0.731. The van der Waals surface area contributed by atoms with Crippen LogP contribution in [0.15, 0.2) is 12.7 Å². The second-order valence-corrected chi connectivity index (χ2v) is 6.13. The van der Waals surface area contributed by atoms with Crippen LogP contribution in [0.2, 0.25) is 0 Å². The maximum absolute atomic E-state index is 13.4. The summed E-state index contributed by atoms with van der Waals surface area (Å²) in [5.74, 6) is 0.221. The van der Waals surface area contributed by atoms with E-state index in [1.54, 1.807) is 18.4 Å². The number of ether oxygens (including phenoxy) is 1. The number of rotatable bonds is 3. The van der Waals surface area contributed by atoms with Crippen LogP contribution in [0.3, 0.4) is 0 Å². The Morgan fingerprint density at radius 2 is 2.14 bits per heavy atom. The van der Waals surface area contributed by atoms with E-state index in [0.29, 0.717) is 11.2 Å². The monoisotopic (exact) mass is 311 g/mol. The summed E-state index contributed by atoms with van der Waals surface area (Å²) >= 11 is 0. The lowest BCUT2D eigenvalue weighted by Crippen LogP contribution is -2.49. The molecule has 120 valence electrons. The first-order chi connectivity index (χ1) is 10.4. The summed E-state index contributed by atoms with van der Waals surface area (Å²) in [6, 6.07) is 0. The van der Waals surface area contributed by atoms with E-state index < -0.39 is 36.6 Å². The molecule has 3 atom stereocenters. The molecule has 3 rings (SSSR count). The predicted molar refractivity (Wildman–Crippen MR) is 75.4 cm³/mol. The third-order valence-corrected chi connectivity index (χ3v) is 4.32. The Labute approximate surface area is 125 Å². The normalized spacial score (nSPS) is 31.0. The molecule has 0 aromatic carbocycles. The fourth-order valence-electron chi connectivity index (χ4n) is 2.98. The Bertz CT molecular complexity index is 700. The van der Waals surface area contributed by atoms with E-state index in [1.807, 2.05) is 0 Å². The zero-order chi connectivity index (χ0) is 16.1. The lowest BCUT2D eigenvalue weighted by molar-refractivity contribution is -0.136. The average molecular weight is 311 g/mol. The van der Waals surface area contributed by atoms with Gasteiger partial charge >= 0.3 is 0 Å². The summed E-state index contributed by atoms with van der Waals surface area (Å²) in [5, 5.41) is 19.9. The Morgan fingerprint density at radius 3 is 2.73 bits per heavy atom. The van der Waals surface area contributed by atoms with E-state index in [1.165, 1.54) is 12.7 Å². The number of imidazole rings is 1. The number of fused-ring (bicyclic) bond motifs is 1. The highest BCUT2D eigenvalue weighted by molar-refractivity contribution is 5.81. The van der Waals surface area contributed by atoms with Gasteiger partial charge in [0.05, 0.1) is 19.0 Å². The van der Waals surface area contributed by atoms with Gasteiger partial charge < -0.3 is 20.7 Å². The van der Waals surface area contributed by atoms with Gasteiger partial charge in [-0.1, -0.05) is 13.8 Å². The second-order valence-electron chi connectivity index (χ2n) is 6.13. The molecule has 0 amide bonds. The van der Waals surface area contributed by atoms with Crippen molar-refractivity contribution in [3.63, 3.8) is 0 Å². The van der Waals surface area contributed by atoms with Crippen molar-refractivity contribution in [1.29, 1.82) is 0 Å². The van der Waals surface area contributed by atoms with E-state index in [4.69, 9.17) is 10.5 Å². The number of nitrogens with two attached hydrogens (primary N) is 1. The smallest absolute Gasteiger partial charge is 0.167 e. The van der Waals surface area contributed by atoms with Crippen molar-refractivity contribution < 1.29 is 19.3 Å². The predicted octanol–water partition coefficient (Wildman–Crippen LogP) is 0.0250. The molecule has 2 aromatic rings. The molecule has 1 aliphatic heterocycles. The van der Waals surface area contributed by atoms with Crippen molar-refractivity contribution >= 4 is 17.0 Å². The van der Waals surface area contributed by atoms with Gasteiger partial charge in [0.2, 0.25) is 0 Å². The maximum Gasteiger partial charge on any atom is 0.167 e. The number of nitrogen functional groups attached to an aromatic ring is 1. The van der Waals surface area contributed by atoms with Crippen molar-refractivity contribution in [2.24, 2.45) is 5.41 Å². The molecule has 0 saturated carbocycles. The van der Waals surface area contributed by atoms with Crippen molar-refractivity contribution in [3.8, 4) is 0 Å². The lowest BCUT2D eigenvalue weighted by atomic mass is 9.80. The number of aromatic nitrogens is 4. The Kier molecular flexibility index (Phi) is 3.31. The Hall–Kier alpha value is -1.84. The van der Waals surface area contributed by atoms with Gasteiger partial charge in [-0.2, -0.15) is 0 Å². The van der Waals surface area contributed by atoms with Gasteiger partial charge in [0.1, 0.15) is 30.3 Å². The number of aliphatic hydroxyl groups is 2. The molecule has 4 N–H and O–H groups in total. The minimum Gasteiger partial charge on any atom is -0.393 e. The van der Waals surface area contributed by atoms with Gasteiger partial charge in [-0.15, -0.1) is 0 Å². The highest BCUT2D eigenvalue weighted by Crippen LogP contribution is 2.50. The van der Waals surface area contributed by atoms with E-state index in [2.05, 4.69) is 15.0 Å². The van der Waals surface area contributed by atoms with Crippen LogP contribution in [0.1, 0.15) is 20.1 Å². The fraction of sp³-hybridized carbons (Fsp3) is 0.615. The third kappa shape index (κ3) is 1.82. The van der Waals surface area contributed by atoms with Crippen molar-refractivity contribution in [2.75, 3.05) is 19.0 Å². The molecule has 1 saturated heterocycles. The molecular formula is C13H18FN5O3. The molecule has 1 fully saturated rings. The van der Waals surface area contributed by atoms with E-state index in [-0.39, 0.29) is 5.82 Å². The van der Waals surface area contributed by atoms with Crippen LogP contribution in [0.4, 0.5) is 10.2 Å². The zero-order valence-electron chi connectivity index (χ0n) is 12.3. The van der Waals surface area contributed by atoms with Gasteiger partial charge in [0.15, 0.2) is 11.5 Å². The van der Waals surface area contributed by atoms with Crippen LogP contribution in [0.25, 0.3) is 11.2 Å². The molecule has 8 nitrogen and oxygen atoms in total. The standard InChI is InChI=1S/C13H18FN5O3/c1-12(2)10(21)13(3-14,4-20)22-11(12)19-6-18-7-8(15)16-5-17-9(7)19/h5-6,10-11,20-21H,3-4H2,1-2H3,(H2,15,16,17)/t10-,11+,13+/m0/s1. The van der Waals surface area contributed by atoms with Gasteiger partial charge in [-0.3, -0.25) is 4.57 Å². The summed E-state index contributed by atoms with van der Waals surface area (Å²) in [5.41, 5.74) is 4.04. The average Bonchev–Trinajstić information content (AvgIpc) is 3.00. The third-order valence-electron chi connectivity index (χ3n) is 4.32. The SMILES string of the molecule is CC1(C)[C@H](n2cnc3c(N)ncnc32)O[C@@](CO)(CF)[C@H]1O. The van der Waals surface area contributed by atoms with Crippen LogP contribution in [0, 0.1) is 5.41 Å². The van der Waals surface area contributed by atoms with Gasteiger partial charge in [0, 0.05) is 5.41 Å². The van der Waals surface area contributed by atoms with Crippen LogP contribution in [-0.4, -0.2) is 54.7 Å². The second kappa shape index (κ2) is 4.83. The van der Waals surface area contributed by atoms with Crippen molar-refractivity contribution in [2.45, 2.75) is 31.8 Å². The number of hydrogen-bond donors (Lipinski definition) is 3. The Balaban J connectivity index is 2.12. The highest BCUT2D eigenvalue weighted by Gasteiger charge is 2.60. The summed E-state index contributed by atoms with van der Waals surface area (Å²) in [7, 11) is 0. The molecule has 0 unspecified atom stereocenters. The lowest BCUT2D eigenvalue weighted by Gasteiger charge is -2.30. The van der Waals surface area contributed by atoms with Crippen molar-refractivity contribution in [3.05, 3.63) is 12.7 Å². The molecule has 2 aromatic heterocycles. The van der Waals surface area contributed by atoms with Crippen LogP contribution in [-0.2, 0) is 4.74 Å². The summed E-state index contributed by atoms with van der Waals surface area (Å²) < 4.78 is 20.7. The molecule has 22 heavy (non-hydrogen) atoms. The largest absolute Gasteiger partial charge is 0.393 e. The highest BCUT2D eigenvalue weighted by atomic mass is 19.1. The molecule has 1 aliphatic rings. The van der Waals surface area contributed by atoms with E-state index in [0.717, 1.165) is 0 Å². The number of aliphatic hydroxyl groups excluding tert-OH is 2. The molecule has 9 heteroatoms. The Morgan fingerprint density at radius 1 is 1.41 bits per heavy atom. The fourth-order valence-corrected chi connectivity index (χ4v) is 2.98. The van der Waals surface area contributed by atoms with E-state index >= 15 is 0 Å². The number of anilines is 1. The number of hydrogen-bond acceptors (Lipinski definition) is 7. The van der Waals surface area contributed by atoms with Crippen LogP contribution in [0.5, 0.6) is 0 Å². The van der Waals surface area contributed by atoms with Crippen LogP contribution >= 0.6 is 0 Å². The maximum atomic E-state index is 13.4. The van der Waals surface area contributed by atoms with E-state index in [9.17, 15) is 14.6 Å². The minimum atomic E-state index is -1.66. The summed E-state index contributed by atoms with van der Waals surface area (Å²) in [4.78, 5) is 12.1. The molecular weight excluding hydrogens is 293 g/mol. The molecule has 0 radical (unpaired) electrons. The number of halogens is 1. The number of alkyl halides is 1. The topological polar surface area (TPSA) is 119 Å². The number of nitrogens with zero attached hydrogens (tertiary/aromatic N) is 4. The van der Waals surface area contributed by atoms with Gasteiger partial charge in [-0.25, -0.2) is 19.3 Å². The first kappa shape index (κ1) is 15.1. The minimum absolute atomic E-state index is 0.221. The van der Waals surface area contributed by atoms with Gasteiger partial charge in [-0.05, 0) is 0 Å². The van der Waals surface area contributed by atoms with Gasteiger partial charge in [0.25, 0.3) is 0 Å². The summed E-state index contributed by atoms with van der Waals surface area (Å²) in [6.45, 7) is 1.82. The molecule has 3 heterocycles. The zero-order valence-corrected chi connectivity index (χ0v) is 12.3. The molecule has 0 spiro atoms. The van der Waals surface area contributed by atoms with Crippen LogP contribution < -0.4 is 5.73 Å². The first-order valence-electron chi connectivity index (χ1n) is 6.83. The van der Waals surface area contributed by atoms with Crippen molar-refractivity contribution in [1.82, 2.24) is 19.5 Å². The first-order valence-corrected chi connectivity index (χ1v) is 6.83. The molecule has 0 aliphatic carbocycles. The summed E-state index contributed by atoms with van der Waals surface area (Å²) in [6.07, 6.45) is 0.796. The molecule has 0 bridgehead atoms.